The molecule has 1 N–H and O–H groups in total. The summed E-state index contributed by atoms with van der Waals surface area (Å²) in [5, 5.41) is 9.32. The number of nitrogens with zero attached hydrogens (tertiary/aromatic N) is 1. The molecule has 0 bridgehead atoms. The summed E-state index contributed by atoms with van der Waals surface area (Å²) >= 11 is 0. The first-order valence-corrected chi connectivity index (χ1v) is 6.30. The predicted molar refractivity (Wildman–Crippen MR) is 77.4 cm³/mol. The summed E-state index contributed by atoms with van der Waals surface area (Å²) < 4.78 is 5.40. The van der Waals surface area contributed by atoms with Crippen LogP contribution in [0.5, 0.6) is 5.75 Å². The second kappa shape index (κ2) is 6.52. The Hall–Kier alpha value is -2.62. The molecule has 0 aliphatic rings. The lowest BCUT2D eigenvalue weighted by Crippen LogP contribution is -2.01. The summed E-state index contributed by atoms with van der Waals surface area (Å²) in [7, 11) is 0. The number of benzene rings is 1. The van der Waals surface area contributed by atoms with Gasteiger partial charge >= 0.3 is 5.97 Å². The molecule has 20 heavy (non-hydrogen) atoms. The standard InChI is InChI=1S/C16H15NO3/c1-2-20-13-7-5-6-12(10-13)11-14(16(18)19)15-8-3-4-9-17-15/h3-11H,2H2,1H3,(H,18,19)/b14-11+. The number of ether oxygens (including phenoxy) is 1. The Morgan fingerprint density at radius 1 is 1.30 bits per heavy atom. The minimum absolute atomic E-state index is 0.152. The third-order valence-corrected chi connectivity index (χ3v) is 2.65. The third kappa shape index (κ3) is 3.45. The smallest absolute Gasteiger partial charge is 0.337 e. The minimum atomic E-state index is -1.01. The maximum atomic E-state index is 11.4. The highest BCUT2D eigenvalue weighted by Crippen LogP contribution is 2.20. The molecule has 0 amide bonds. The predicted octanol–water partition coefficient (Wildman–Crippen LogP) is 3.11. The van der Waals surface area contributed by atoms with Crippen LogP contribution in [0.15, 0.2) is 48.7 Å². The summed E-state index contributed by atoms with van der Waals surface area (Å²) in [5.74, 6) is -0.294. The van der Waals surface area contributed by atoms with E-state index in [0.29, 0.717) is 18.1 Å². The minimum Gasteiger partial charge on any atom is -0.494 e. The van der Waals surface area contributed by atoms with E-state index in [4.69, 9.17) is 4.74 Å². The number of carboxylic acids is 1. The van der Waals surface area contributed by atoms with Gasteiger partial charge < -0.3 is 9.84 Å². The molecule has 0 saturated carbocycles. The second-order valence-electron chi connectivity index (χ2n) is 4.08. The normalized spacial score (nSPS) is 11.2. The van der Waals surface area contributed by atoms with E-state index in [9.17, 15) is 9.90 Å². The van der Waals surface area contributed by atoms with E-state index in [-0.39, 0.29) is 5.57 Å². The Labute approximate surface area is 117 Å². The number of pyridine rings is 1. The van der Waals surface area contributed by atoms with Crippen molar-refractivity contribution in [3.05, 3.63) is 59.9 Å². The van der Waals surface area contributed by atoms with Gasteiger partial charge in [-0.1, -0.05) is 18.2 Å². The average molecular weight is 269 g/mol. The summed E-state index contributed by atoms with van der Waals surface area (Å²) in [5.41, 5.74) is 1.35. The van der Waals surface area contributed by atoms with Gasteiger partial charge in [0.1, 0.15) is 5.75 Å². The van der Waals surface area contributed by atoms with Crippen molar-refractivity contribution < 1.29 is 14.6 Å². The molecular weight excluding hydrogens is 254 g/mol. The van der Waals surface area contributed by atoms with Crippen LogP contribution in [0.4, 0.5) is 0 Å². The molecule has 1 aromatic carbocycles. The van der Waals surface area contributed by atoms with Crippen LogP contribution >= 0.6 is 0 Å². The molecular formula is C16H15NO3. The van der Waals surface area contributed by atoms with Gasteiger partial charge in [-0.2, -0.15) is 0 Å². The topological polar surface area (TPSA) is 59.4 Å². The van der Waals surface area contributed by atoms with Crippen LogP contribution in [0.3, 0.4) is 0 Å². The zero-order valence-electron chi connectivity index (χ0n) is 11.1. The summed E-state index contributed by atoms with van der Waals surface area (Å²) in [4.78, 5) is 15.5. The zero-order valence-corrected chi connectivity index (χ0v) is 11.1. The number of hydrogen-bond donors (Lipinski definition) is 1. The Kier molecular flexibility index (Phi) is 4.50. The molecule has 2 rings (SSSR count). The number of rotatable bonds is 5. The quantitative estimate of drug-likeness (QED) is 0.847. The Bertz CT molecular complexity index is 621. The SMILES string of the molecule is CCOc1cccc(/C=C(/C(=O)O)c2ccccn2)c1. The largest absolute Gasteiger partial charge is 0.494 e. The number of hydrogen-bond acceptors (Lipinski definition) is 3. The molecule has 0 fully saturated rings. The maximum absolute atomic E-state index is 11.4. The van der Waals surface area contributed by atoms with Crippen molar-refractivity contribution in [2.24, 2.45) is 0 Å². The number of aromatic nitrogens is 1. The Morgan fingerprint density at radius 3 is 2.80 bits per heavy atom. The highest BCUT2D eigenvalue weighted by Gasteiger charge is 2.11. The third-order valence-electron chi connectivity index (χ3n) is 2.65. The monoisotopic (exact) mass is 269 g/mol. The first kappa shape index (κ1) is 13.8. The van der Waals surface area contributed by atoms with Crippen molar-refractivity contribution in [3.8, 4) is 5.75 Å². The lowest BCUT2D eigenvalue weighted by molar-refractivity contribution is -0.130. The molecule has 2 aromatic rings. The van der Waals surface area contributed by atoms with Gasteiger partial charge in [0, 0.05) is 6.20 Å². The van der Waals surface area contributed by atoms with Gasteiger partial charge in [-0.15, -0.1) is 0 Å². The Balaban J connectivity index is 2.39. The van der Waals surface area contributed by atoms with Crippen LogP contribution in [0.25, 0.3) is 11.6 Å². The van der Waals surface area contributed by atoms with Crippen molar-refractivity contribution >= 4 is 17.6 Å². The van der Waals surface area contributed by atoms with Gasteiger partial charge in [-0.25, -0.2) is 4.79 Å². The van der Waals surface area contributed by atoms with Crippen LogP contribution in [0.2, 0.25) is 0 Å². The van der Waals surface area contributed by atoms with E-state index < -0.39 is 5.97 Å². The Morgan fingerprint density at radius 2 is 2.15 bits per heavy atom. The molecule has 0 aliphatic heterocycles. The van der Waals surface area contributed by atoms with Crippen LogP contribution in [0.1, 0.15) is 18.2 Å². The number of carbonyl (C=O) groups is 1. The van der Waals surface area contributed by atoms with Crippen LogP contribution in [0, 0.1) is 0 Å². The average Bonchev–Trinajstić information content (AvgIpc) is 2.46. The zero-order chi connectivity index (χ0) is 14.4. The molecule has 0 spiro atoms. The summed E-state index contributed by atoms with van der Waals surface area (Å²) in [6, 6.07) is 12.5. The fourth-order valence-corrected chi connectivity index (χ4v) is 1.79. The van der Waals surface area contributed by atoms with Crippen molar-refractivity contribution in [3.63, 3.8) is 0 Å². The number of carboxylic acid groups (broad SMARTS) is 1. The molecule has 0 unspecified atom stereocenters. The molecule has 4 nitrogen and oxygen atoms in total. The molecule has 0 saturated heterocycles. The summed E-state index contributed by atoms with van der Waals surface area (Å²) in [6.07, 6.45) is 3.16. The van der Waals surface area contributed by atoms with E-state index in [2.05, 4.69) is 4.98 Å². The van der Waals surface area contributed by atoms with Crippen LogP contribution in [-0.4, -0.2) is 22.7 Å². The van der Waals surface area contributed by atoms with Crippen molar-refractivity contribution in [1.82, 2.24) is 4.98 Å². The van der Waals surface area contributed by atoms with Crippen LogP contribution < -0.4 is 4.74 Å². The first-order valence-electron chi connectivity index (χ1n) is 6.30. The van der Waals surface area contributed by atoms with Gasteiger partial charge in [0.2, 0.25) is 0 Å². The molecule has 102 valence electrons. The van der Waals surface area contributed by atoms with Gasteiger partial charge in [0.15, 0.2) is 0 Å². The molecule has 0 aliphatic carbocycles. The number of aliphatic carboxylic acids is 1. The van der Waals surface area contributed by atoms with E-state index in [1.165, 1.54) is 0 Å². The van der Waals surface area contributed by atoms with Gasteiger partial charge in [-0.05, 0) is 42.8 Å². The van der Waals surface area contributed by atoms with Gasteiger partial charge in [0.25, 0.3) is 0 Å². The fraction of sp³-hybridized carbons (Fsp3) is 0.125. The van der Waals surface area contributed by atoms with Crippen molar-refractivity contribution in [1.29, 1.82) is 0 Å². The highest BCUT2D eigenvalue weighted by atomic mass is 16.5. The molecule has 0 atom stereocenters. The van der Waals surface area contributed by atoms with Crippen LogP contribution in [-0.2, 0) is 4.79 Å². The van der Waals surface area contributed by atoms with E-state index >= 15 is 0 Å². The van der Waals surface area contributed by atoms with Gasteiger partial charge in [-0.3, -0.25) is 4.98 Å². The second-order valence-corrected chi connectivity index (χ2v) is 4.08. The molecule has 0 radical (unpaired) electrons. The van der Waals surface area contributed by atoms with Gasteiger partial charge in [0.05, 0.1) is 17.9 Å². The fourth-order valence-electron chi connectivity index (χ4n) is 1.79. The van der Waals surface area contributed by atoms with Crippen molar-refractivity contribution in [2.45, 2.75) is 6.92 Å². The van der Waals surface area contributed by atoms with E-state index in [1.807, 2.05) is 25.1 Å². The lowest BCUT2D eigenvalue weighted by Gasteiger charge is -2.05. The summed E-state index contributed by atoms with van der Waals surface area (Å²) in [6.45, 7) is 2.47. The molecule has 4 heteroatoms. The maximum Gasteiger partial charge on any atom is 0.337 e. The highest BCUT2D eigenvalue weighted by molar-refractivity contribution is 6.20. The molecule has 1 heterocycles. The van der Waals surface area contributed by atoms with E-state index in [0.717, 1.165) is 5.56 Å². The van der Waals surface area contributed by atoms with E-state index in [1.54, 1.807) is 36.5 Å². The lowest BCUT2D eigenvalue weighted by atomic mass is 10.1. The first-order chi connectivity index (χ1) is 9.70. The molecule has 1 aromatic heterocycles. The van der Waals surface area contributed by atoms with Crippen molar-refractivity contribution in [2.75, 3.05) is 6.61 Å².